The first-order valence-corrected chi connectivity index (χ1v) is 12.6. The largest absolute Gasteiger partial charge is 0.507 e. The lowest BCUT2D eigenvalue weighted by molar-refractivity contribution is -0.140. The van der Waals surface area contributed by atoms with Gasteiger partial charge in [0.05, 0.1) is 24.8 Å². The van der Waals surface area contributed by atoms with Crippen molar-refractivity contribution in [2.24, 2.45) is 5.92 Å². The lowest BCUT2D eigenvalue weighted by Gasteiger charge is -2.26. The standard InChI is InChI=1S/C30H31FN2O5/c1-4-37-25-16-22(9-12-24(25)38-15-13-19(2)3)27-26(28(34)21-7-10-23(31)11-8-21)29(35)30(36)33(27)18-20-6-5-14-32-17-20/h5-12,14,16-17,19,27,34H,4,13,15,18H2,1-3H3/b28-26+. The minimum absolute atomic E-state index is 0.0820. The summed E-state index contributed by atoms with van der Waals surface area (Å²) in [5.74, 6) is -0.930. The van der Waals surface area contributed by atoms with Crippen LogP contribution in [-0.4, -0.2) is 39.9 Å². The van der Waals surface area contributed by atoms with E-state index >= 15 is 0 Å². The van der Waals surface area contributed by atoms with E-state index in [9.17, 15) is 19.1 Å². The van der Waals surface area contributed by atoms with E-state index in [4.69, 9.17) is 9.47 Å². The Kier molecular flexibility index (Phi) is 8.41. The van der Waals surface area contributed by atoms with Crippen molar-refractivity contribution in [2.45, 2.75) is 39.8 Å². The van der Waals surface area contributed by atoms with Crippen LogP contribution in [0, 0.1) is 11.7 Å². The molecule has 2 aromatic carbocycles. The van der Waals surface area contributed by atoms with E-state index in [1.165, 1.54) is 29.2 Å². The normalized spacial score (nSPS) is 16.8. The van der Waals surface area contributed by atoms with E-state index in [0.717, 1.165) is 12.0 Å². The number of Topliss-reactive ketones (excluding diaryl/α,β-unsaturated/α-hetero) is 1. The average Bonchev–Trinajstić information content (AvgIpc) is 3.15. The number of carbonyl (C=O) groups excluding carboxylic acids is 2. The van der Waals surface area contributed by atoms with E-state index < -0.39 is 23.5 Å². The first kappa shape index (κ1) is 26.9. The summed E-state index contributed by atoms with van der Waals surface area (Å²) in [6.07, 6.45) is 4.11. The van der Waals surface area contributed by atoms with Crippen molar-refractivity contribution in [2.75, 3.05) is 13.2 Å². The molecule has 1 aliphatic heterocycles. The van der Waals surface area contributed by atoms with Gasteiger partial charge >= 0.3 is 0 Å². The van der Waals surface area contributed by atoms with E-state index in [-0.39, 0.29) is 23.4 Å². The lowest BCUT2D eigenvalue weighted by atomic mass is 9.94. The van der Waals surface area contributed by atoms with Gasteiger partial charge in [0, 0.05) is 24.5 Å². The van der Waals surface area contributed by atoms with Crippen LogP contribution in [0.25, 0.3) is 5.76 Å². The fraction of sp³-hybridized carbons (Fsp3) is 0.300. The van der Waals surface area contributed by atoms with Crippen LogP contribution in [0.5, 0.6) is 11.5 Å². The van der Waals surface area contributed by atoms with Gasteiger partial charge in [-0.2, -0.15) is 0 Å². The van der Waals surface area contributed by atoms with Gasteiger partial charge in [0.25, 0.3) is 11.7 Å². The molecule has 1 aromatic heterocycles. The highest BCUT2D eigenvalue weighted by Crippen LogP contribution is 2.42. The summed E-state index contributed by atoms with van der Waals surface area (Å²) in [4.78, 5) is 32.1. The van der Waals surface area contributed by atoms with Gasteiger partial charge in [-0.05, 0) is 72.9 Å². The van der Waals surface area contributed by atoms with E-state index in [2.05, 4.69) is 18.8 Å². The molecule has 0 radical (unpaired) electrons. The Morgan fingerprint density at radius 2 is 1.84 bits per heavy atom. The third kappa shape index (κ3) is 5.85. The molecule has 4 rings (SSSR count). The van der Waals surface area contributed by atoms with Gasteiger partial charge < -0.3 is 19.5 Å². The molecule has 7 nitrogen and oxygen atoms in total. The monoisotopic (exact) mass is 518 g/mol. The summed E-state index contributed by atoms with van der Waals surface area (Å²) >= 11 is 0. The number of likely N-dealkylation sites (tertiary alicyclic amines) is 1. The van der Waals surface area contributed by atoms with Crippen LogP contribution in [0.1, 0.15) is 49.9 Å². The molecule has 1 unspecified atom stereocenters. The van der Waals surface area contributed by atoms with Gasteiger partial charge in [-0.3, -0.25) is 14.6 Å². The smallest absolute Gasteiger partial charge is 0.295 e. The zero-order valence-electron chi connectivity index (χ0n) is 21.7. The van der Waals surface area contributed by atoms with Crippen LogP contribution in [0.2, 0.25) is 0 Å². The molecular weight excluding hydrogens is 487 g/mol. The third-order valence-corrected chi connectivity index (χ3v) is 6.27. The number of nitrogens with zero attached hydrogens (tertiary/aromatic N) is 2. The Bertz CT molecular complexity index is 1320. The molecule has 0 aliphatic carbocycles. The van der Waals surface area contributed by atoms with Crippen LogP contribution in [0.4, 0.5) is 4.39 Å². The Morgan fingerprint density at radius 3 is 2.50 bits per heavy atom. The molecule has 1 fully saturated rings. The van der Waals surface area contributed by atoms with Gasteiger partial charge in [0.2, 0.25) is 0 Å². The van der Waals surface area contributed by atoms with Crippen LogP contribution < -0.4 is 9.47 Å². The fourth-order valence-corrected chi connectivity index (χ4v) is 4.33. The van der Waals surface area contributed by atoms with Gasteiger partial charge in [-0.25, -0.2) is 4.39 Å². The SMILES string of the molecule is CCOc1cc(C2/C(=C(\O)c3ccc(F)cc3)C(=O)C(=O)N2Cc2cccnc2)ccc1OCCC(C)C. The molecule has 8 heteroatoms. The zero-order chi connectivity index (χ0) is 27.2. The second kappa shape index (κ2) is 11.9. The highest BCUT2D eigenvalue weighted by Gasteiger charge is 2.46. The summed E-state index contributed by atoms with van der Waals surface area (Å²) in [7, 11) is 0. The Balaban J connectivity index is 1.81. The number of amides is 1. The number of aromatic nitrogens is 1. The van der Waals surface area contributed by atoms with Crippen molar-refractivity contribution in [3.05, 3.63) is 95.1 Å². The van der Waals surface area contributed by atoms with Gasteiger partial charge in [-0.15, -0.1) is 0 Å². The second-order valence-corrected chi connectivity index (χ2v) is 9.47. The summed E-state index contributed by atoms with van der Waals surface area (Å²) in [6.45, 7) is 7.08. The Labute approximate surface area is 221 Å². The number of halogens is 1. The van der Waals surface area contributed by atoms with Crippen LogP contribution in [0.3, 0.4) is 0 Å². The minimum atomic E-state index is -0.913. The number of benzene rings is 2. The maximum Gasteiger partial charge on any atom is 0.295 e. The molecule has 3 aromatic rings. The number of rotatable bonds is 10. The maximum absolute atomic E-state index is 13.5. The molecular formula is C30H31FN2O5. The molecule has 2 heterocycles. The topological polar surface area (TPSA) is 89.0 Å². The number of carbonyl (C=O) groups is 2. The molecule has 38 heavy (non-hydrogen) atoms. The van der Waals surface area contributed by atoms with Crippen molar-refractivity contribution in [3.63, 3.8) is 0 Å². The van der Waals surface area contributed by atoms with E-state index in [0.29, 0.717) is 36.2 Å². The lowest BCUT2D eigenvalue weighted by Crippen LogP contribution is -2.29. The third-order valence-electron chi connectivity index (χ3n) is 6.27. The molecule has 0 saturated carbocycles. The fourth-order valence-electron chi connectivity index (χ4n) is 4.33. The number of ether oxygens (including phenoxy) is 2. The highest BCUT2D eigenvalue weighted by molar-refractivity contribution is 6.46. The van der Waals surface area contributed by atoms with Crippen LogP contribution >= 0.6 is 0 Å². The van der Waals surface area contributed by atoms with Crippen LogP contribution in [0.15, 0.2) is 72.6 Å². The summed E-state index contributed by atoms with van der Waals surface area (Å²) in [6, 6.07) is 13.0. The number of hydrogen-bond donors (Lipinski definition) is 1. The highest BCUT2D eigenvalue weighted by atomic mass is 19.1. The van der Waals surface area contributed by atoms with Crippen molar-refractivity contribution >= 4 is 17.4 Å². The maximum atomic E-state index is 13.5. The van der Waals surface area contributed by atoms with Crippen molar-refractivity contribution < 1.29 is 28.6 Å². The second-order valence-electron chi connectivity index (χ2n) is 9.47. The average molecular weight is 519 g/mol. The molecule has 1 atom stereocenters. The Hall–Kier alpha value is -4.20. The minimum Gasteiger partial charge on any atom is -0.507 e. The molecule has 198 valence electrons. The molecule has 1 saturated heterocycles. The summed E-state index contributed by atoms with van der Waals surface area (Å²) < 4.78 is 25.4. The molecule has 0 bridgehead atoms. The predicted molar refractivity (Wildman–Crippen MR) is 141 cm³/mol. The van der Waals surface area contributed by atoms with Crippen LogP contribution in [-0.2, 0) is 16.1 Å². The summed E-state index contributed by atoms with van der Waals surface area (Å²) in [5.41, 5.74) is 1.44. The molecule has 1 aliphatic rings. The quantitative estimate of drug-likeness (QED) is 0.211. The van der Waals surface area contributed by atoms with Gasteiger partial charge in [0.15, 0.2) is 11.5 Å². The number of aliphatic hydroxyl groups is 1. The van der Waals surface area contributed by atoms with Crippen molar-refractivity contribution in [3.8, 4) is 11.5 Å². The number of aliphatic hydroxyl groups excluding tert-OH is 1. The first-order valence-electron chi connectivity index (χ1n) is 12.6. The van der Waals surface area contributed by atoms with Crippen molar-refractivity contribution in [1.82, 2.24) is 9.88 Å². The zero-order valence-corrected chi connectivity index (χ0v) is 21.7. The first-order chi connectivity index (χ1) is 18.3. The van der Waals surface area contributed by atoms with Gasteiger partial charge in [-0.1, -0.05) is 26.0 Å². The van der Waals surface area contributed by atoms with Gasteiger partial charge in [0.1, 0.15) is 11.6 Å². The van der Waals surface area contributed by atoms with Crippen molar-refractivity contribution in [1.29, 1.82) is 0 Å². The molecule has 1 amide bonds. The molecule has 1 N–H and O–H groups in total. The van der Waals surface area contributed by atoms with E-state index in [1.54, 1.807) is 42.7 Å². The number of hydrogen-bond acceptors (Lipinski definition) is 6. The van der Waals surface area contributed by atoms with E-state index in [1.807, 2.05) is 6.92 Å². The summed E-state index contributed by atoms with van der Waals surface area (Å²) in [5, 5.41) is 11.2. The number of pyridine rings is 1. The number of ketones is 1. The molecule has 0 spiro atoms. The Morgan fingerprint density at radius 1 is 1.08 bits per heavy atom. The predicted octanol–water partition coefficient (Wildman–Crippen LogP) is 5.67.